The van der Waals surface area contributed by atoms with Gasteiger partial charge in [0, 0.05) is 27.9 Å². The number of aromatic nitrogens is 1. The second-order valence-electron chi connectivity index (χ2n) is 6.31. The molecule has 6 heteroatoms. The highest BCUT2D eigenvalue weighted by Crippen LogP contribution is 2.34. The number of nitrogens with zero attached hydrogens (tertiary/aromatic N) is 1. The number of hydrogen-bond acceptors (Lipinski definition) is 4. The average molecular weight is 378 g/mol. The van der Waals surface area contributed by atoms with Crippen molar-refractivity contribution in [3.8, 4) is 22.6 Å². The van der Waals surface area contributed by atoms with Crippen LogP contribution in [0.5, 0.6) is 0 Å². The lowest BCUT2D eigenvalue weighted by molar-refractivity contribution is 0.100. The SMILES string of the molecule is Cc1c(N)cc(-c2ccc(C(N)=O)cc2)cc1-c1nc2ccc(Cl)cc2o1. The van der Waals surface area contributed by atoms with E-state index in [1.54, 1.807) is 24.3 Å². The van der Waals surface area contributed by atoms with Crippen molar-refractivity contribution in [2.45, 2.75) is 6.92 Å². The summed E-state index contributed by atoms with van der Waals surface area (Å²) in [6, 6.07) is 16.2. The van der Waals surface area contributed by atoms with Gasteiger partial charge in [0.1, 0.15) is 5.52 Å². The summed E-state index contributed by atoms with van der Waals surface area (Å²) >= 11 is 6.03. The molecular formula is C21H16ClN3O2. The third-order valence-electron chi connectivity index (χ3n) is 4.53. The standard InChI is InChI=1S/C21H16ClN3O2/c1-11-16(21-25-18-7-6-15(22)10-19(18)27-21)8-14(9-17(11)23)12-2-4-13(5-3-12)20(24)26/h2-10H,23H2,1H3,(H2,24,26). The van der Waals surface area contributed by atoms with Crippen LogP contribution in [0.4, 0.5) is 5.69 Å². The molecule has 1 heterocycles. The molecule has 0 unspecified atom stereocenters. The number of carbonyl (C=O) groups is 1. The zero-order chi connectivity index (χ0) is 19.1. The fourth-order valence-corrected chi connectivity index (χ4v) is 3.13. The quantitative estimate of drug-likeness (QED) is 0.501. The number of hydrogen-bond donors (Lipinski definition) is 2. The minimum atomic E-state index is -0.462. The molecule has 0 saturated heterocycles. The average Bonchev–Trinajstić information content (AvgIpc) is 3.06. The van der Waals surface area contributed by atoms with E-state index in [1.165, 1.54) is 0 Å². The molecule has 4 rings (SSSR count). The monoisotopic (exact) mass is 377 g/mol. The van der Waals surface area contributed by atoms with E-state index in [1.807, 2.05) is 37.3 Å². The van der Waals surface area contributed by atoms with Gasteiger partial charge in [0.2, 0.25) is 11.8 Å². The minimum absolute atomic E-state index is 0.454. The summed E-state index contributed by atoms with van der Waals surface area (Å²) in [5.41, 5.74) is 17.4. The normalized spacial score (nSPS) is 11.0. The van der Waals surface area contributed by atoms with Crippen LogP contribution < -0.4 is 11.5 Å². The molecular weight excluding hydrogens is 362 g/mol. The van der Waals surface area contributed by atoms with Crippen LogP contribution in [0.2, 0.25) is 5.02 Å². The Morgan fingerprint density at radius 1 is 1.04 bits per heavy atom. The minimum Gasteiger partial charge on any atom is -0.436 e. The van der Waals surface area contributed by atoms with Crippen LogP contribution in [-0.4, -0.2) is 10.9 Å². The number of halogens is 1. The van der Waals surface area contributed by atoms with Crippen molar-refractivity contribution in [2.24, 2.45) is 5.73 Å². The third kappa shape index (κ3) is 3.13. The maximum absolute atomic E-state index is 11.3. The van der Waals surface area contributed by atoms with E-state index < -0.39 is 5.91 Å². The van der Waals surface area contributed by atoms with Gasteiger partial charge in [-0.05, 0) is 60.0 Å². The fraction of sp³-hybridized carbons (Fsp3) is 0.0476. The van der Waals surface area contributed by atoms with Crippen molar-refractivity contribution in [2.75, 3.05) is 5.73 Å². The lowest BCUT2D eigenvalue weighted by Crippen LogP contribution is -2.10. The Hall–Kier alpha value is -3.31. The number of oxazole rings is 1. The highest BCUT2D eigenvalue weighted by molar-refractivity contribution is 6.31. The molecule has 0 bridgehead atoms. The van der Waals surface area contributed by atoms with Gasteiger partial charge in [-0.25, -0.2) is 4.98 Å². The van der Waals surface area contributed by atoms with E-state index in [9.17, 15) is 4.79 Å². The Morgan fingerprint density at radius 3 is 2.48 bits per heavy atom. The Morgan fingerprint density at radius 2 is 1.78 bits per heavy atom. The second-order valence-corrected chi connectivity index (χ2v) is 6.75. The number of nitrogens with two attached hydrogens (primary N) is 2. The van der Waals surface area contributed by atoms with Crippen LogP contribution in [0.25, 0.3) is 33.7 Å². The predicted octanol–water partition coefficient (Wildman–Crippen LogP) is 4.80. The molecule has 0 atom stereocenters. The van der Waals surface area contributed by atoms with E-state index in [0.29, 0.717) is 27.7 Å². The molecule has 27 heavy (non-hydrogen) atoms. The maximum atomic E-state index is 11.3. The molecule has 5 nitrogen and oxygen atoms in total. The molecule has 1 amide bonds. The van der Waals surface area contributed by atoms with Gasteiger partial charge in [0.15, 0.2) is 5.58 Å². The van der Waals surface area contributed by atoms with Crippen LogP contribution in [0, 0.1) is 6.92 Å². The molecule has 0 aliphatic rings. The number of rotatable bonds is 3. The molecule has 3 aromatic carbocycles. The number of carbonyl (C=O) groups excluding carboxylic acids is 1. The molecule has 0 fully saturated rings. The van der Waals surface area contributed by atoms with E-state index in [-0.39, 0.29) is 0 Å². The molecule has 1 aromatic heterocycles. The highest BCUT2D eigenvalue weighted by atomic mass is 35.5. The summed E-state index contributed by atoms with van der Waals surface area (Å²) in [6.45, 7) is 1.92. The van der Waals surface area contributed by atoms with Crippen molar-refractivity contribution < 1.29 is 9.21 Å². The molecule has 134 valence electrons. The van der Waals surface area contributed by atoms with Crippen LogP contribution >= 0.6 is 11.6 Å². The van der Waals surface area contributed by atoms with E-state index in [2.05, 4.69) is 4.98 Å². The van der Waals surface area contributed by atoms with Gasteiger partial charge < -0.3 is 15.9 Å². The summed E-state index contributed by atoms with van der Waals surface area (Å²) in [5.74, 6) is 0.0165. The molecule has 0 aliphatic heterocycles. The molecule has 4 aromatic rings. The summed E-state index contributed by atoms with van der Waals surface area (Å²) in [7, 11) is 0. The third-order valence-corrected chi connectivity index (χ3v) is 4.77. The number of amides is 1. The summed E-state index contributed by atoms with van der Waals surface area (Å²) < 4.78 is 5.90. The van der Waals surface area contributed by atoms with Gasteiger partial charge in [0.05, 0.1) is 0 Å². The first kappa shape index (κ1) is 17.1. The van der Waals surface area contributed by atoms with Crippen LogP contribution in [-0.2, 0) is 0 Å². The van der Waals surface area contributed by atoms with Gasteiger partial charge in [-0.15, -0.1) is 0 Å². The zero-order valence-electron chi connectivity index (χ0n) is 14.5. The first-order valence-electron chi connectivity index (χ1n) is 8.29. The van der Waals surface area contributed by atoms with Gasteiger partial charge in [-0.2, -0.15) is 0 Å². The lowest BCUT2D eigenvalue weighted by Gasteiger charge is -2.10. The summed E-state index contributed by atoms with van der Waals surface area (Å²) in [6.07, 6.45) is 0. The van der Waals surface area contributed by atoms with Crippen molar-refractivity contribution >= 4 is 34.3 Å². The van der Waals surface area contributed by atoms with Gasteiger partial charge in [-0.1, -0.05) is 23.7 Å². The maximum Gasteiger partial charge on any atom is 0.248 e. The van der Waals surface area contributed by atoms with Gasteiger partial charge in [-0.3, -0.25) is 4.79 Å². The van der Waals surface area contributed by atoms with Crippen LogP contribution in [0.3, 0.4) is 0 Å². The van der Waals surface area contributed by atoms with E-state index in [4.69, 9.17) is 27.5 Å². The highest BCUT2D eigenvalue weighted by Gasteiger charge is 2.15. The Balaban J connectivity index is 1.84. The number of primary amides is 1. The topological polar surface area (TPSA) is 95.1 Å². The first-order chi connectivity index (χ1) is 12.9. The van der Waals surface area contributed by atoms with Gasteiger partial charge >= 0.3 is 0 Å². The Labute approximate surface area is 160 Å². The number of benzene rings is 3. The van der Waals surface area contributed by atoms with Crippen molar-refractivity contribution in [1.82, 2.24) is 4.98 Å². The number of nitrogen functional groups attached to an aromatic ring is 1. The molecule has 0 saturated carbocycles. The molecule has 0 aliphatic carbocycles. The van der Waals surface area contributed by atoms with Crippen LogP contribution in [0.15, 0.2) is 59.0 Å². The van der Waals surface area contributed by atoms with Gasteiger partial charge in [0.25, 0.3) is 0 Å². The Bertz CT molecular complexity index is 1180. The van der Waals surface area contributed by atoms with Crippen molar-refractivity contribution in [3.63, 3.8) is 0 Å². The lowest BCUT2D eigenvalue weighted by atomic mass is 9.97. The smallest absolute Gasteiger partial charge is 0.248 e. The summed E-state index contributed by atoms with van der Waals surface area (Å²) in [4.78, 5) is 15.8. The zero-order valence-corrected chi connectivity index (χ0v) is 15.2. The van der Waals surface area contributed by atoms with Crippen LogP contribution in [0.1, 0.15) is 15.9 Å². The first-order valence-corrected chi connectivity index (χ1v) is 8.67. The fourth-order valence-electron chi connectivity index (χ4n) is 2.97. The molecule has 4 N–H and O–H groups in total. The molecule has 0 radical (unpaired) electrons. The van der Waals surface area contributed by atoms with E-state index in [0.717, 1.165) is 27.8 Å². The van der Waals surface area contributed by atoms with Crippen molar-refractivity contribution in [1.29, 1.82) is 0 Å². The molecule has 0 spiro atoms. The second kappa shape index (κ2) is 6.45. The predicted molar refractivity (Wildman–Crippen MR) is 108 cm³/mol. The van der Waals surface area contributed by atoms with E-state index >= 15 is 0 Å². The number of anilines is 1. The largest absolute Gasteiger partial charge is 0.436 e. The number of fused-ring (bicyclic) bond motifs is 1. The van der Waals surface area contributed by atoms with Crippen molar-refractivity contribution in [3.05, 3.63) is 70.7 Å². The summed E-state index contributed by atoms with van der Waals surface area (Å²) in [5, 5.41) is 0.588. The Kier molecular flexibility index (Phi) is 4.09.